The maximum atomic E-state index is 11.6. The average molecular weight is 258 g/mol. The highest BCUT2D eigenvalue weighted by atomic mass is 16.7. The van der Waals surface area contributed by atoms with Gasteiger partial charge in [-0.05, 0) is 20.3 Å². The van der Waals surface area contributed by atoms with Gasteiger partial charge in [-0.2, -0.15) is 0 Å². The molecule has 0 aliphatic rings. The third-order valence-corrected chi connectivity index (χ3v) is 2.38. The molecule has 0 bridgehead atoms. The van der Waals surface area contributed by atoms with Crippen LogP contribution >= 0.6 is 0 Å². The molecule has 0 aromatic heterocycles. The van der Waals surface area contributed by atoms with Gasteiger partial charge in [0.25, 0.3) is 0 Å². The van der Waals surface area contributed by atoms with Crippen LogP contribution in [0.4, 0.5) is 4.79 Å². The largest absolute Gasteiger partial charge is 0.353 e. The van der Waals surface area contributed by atoms with Crippen LogP contribution in [0, 0.1) is 0 Å². The molecule has 0 aromatic carbocycles. The summed E-state index contributed by atoms with van der Waals surface area (Å²) in [6.07, 6.45) is 3.00. The van der Waals surface area contributed by atoms with Gasteiger partial charge in [-0.3, -0.25) is 0 Å². The van der Waals surface area contributed by atoms with Gasteiger partial charge in [0.1, 0.15) is 0 Å². The third-order valence-electron chi connectivity index (χ3n) is 2.38. The molecule has 0 fully saturated rings. The standard InChI is InChI=1S/C13H26N2O3/c1-5-8-10-14-13(16)15(4)11-9-12(17-6-2)18-7-3/h5,12H,1,6-11H2,2-4H3,(H,14,16). The van der Waals surface area contributed by atoms with Gasteiger partial charge in [-0.25, -0.2) is 4.79 Å². The molecule has 18 heavy (non-hydrogen) atoms. The van der Waals surface area contributed by atoms with Gasteiger partial charge in [-0.1, -0.05) is 6.08 Å². The summed E-state index contributed by atoms with van der Waals surface area (Å²) in [5.74, 6) is 0. The number of rotatable bonds is 10. The van der Waals surface area contributed by atoms with E-state index in [4.69, 9.17) is 9.47 Å². The first-order chi connectivity index (χ1) is 8.65. The van der Waals surface area contributed by atoms with Crippen molar-refractivity contribution < 1.29 is 14.3 Å². The summed E-state index contributed by atoms with van der Waals surface area (Å²) in [5.41, 5.74) is 0. The summed E-state index contributed by atoms with van der Waals surface area (Å²) < 4.78 is 10.8. The predicted octanol–water partition coefficient (Wildman–Crippen LogP) is 1.99. The lowest BCUT2D eigenvalue weighted by Gasteiger charge is -2.22. The van der Waals surface area contributed by atoms with E-state index in [9.17, 15) is 4.79 Å². The molecule has 0 heterocycles. The number of hydrogen-bond donors (Lipinski definition) is 1. The van der Waals surface area contributed by atoms with Gasteiger partial charge in [0.05, 0.1) is 0 Å². The van der Waals surface area contributed by atoms with Crippen LogP contribution in [0.25, 0.3) is 0 Å². The molecule has 5 nitrogen and oxygen atoms in total. The highest BCUT2D eigenvalue weighted by Crippen LogP contribution is 2.02. The summed E-state index contributed by atoms with van der Waals surface area (Å²) in [5, 5.41) is 2.81. The Kier molecular flexibility index (Phi) is 10.4. The van der Waals surface area contributed by atoms with Crippen LogP contribution < -0.4 is 5.32 Å². The molecular weight excluding hydrogens is 232 g/mol. The van der Waals surface area contributed by atoms with Crippen molar-refractivity contribution in [3.8, 4) is 0 Å². The molecule has 0 spiro atoms. The zero-order valence-electron chi connectivity index (χ0n) is 11.8. The highest BCUT2D eigenvalue weighted by Gasteiger charge is 2.12. The Hall–Kier alpha value is -1.07. The first-order valence-electron chi connectivity index (χ1n) is 6.48. The van der Waals surface area contributed by atoms with Crippen LogP contribution in [0.5, 0.6) is 0 Å². The van der Waals surface area contributed by atoms with Crippen molar-refractivity contribution in [2.75, 3.05) is 33.4 Å². The first-order valence-corrected chi connectivity index (χ1v) is 6.48. The van der Waals surface area contributed by atoms with Gasteiger partial charge >= 0.3 is 6.03 Å². The van der Waals surface area contributed by atoms with Crippen LogP contribution in [-0.4, -0.2) is 50.6 Å². The SMILES string of the molecule is C=CCCNC(=O)N(C)CCC(OCC)OCC. The Labute approximate surface area is 110 Å². The number of nitrogens with one attached hydrogen (secondary N) is 1. The Morgan fingerprint density at radius 3 is 2.50 bits per heavy atom. The van der Waals surface area contributed by atoms with E-state index in [-0.39, 0.29) is 12.3 Å². The van der Waals surface area contributed by atoms with Crippen molar-refractivity contribution >= 4 is 6.03 Å². The minimum absolute atomic E-state index is 0.0800. The van der Waals surface area contributed by atoms with Gasteiger partial charge in [0.2, 0.25) is 0 Å². The van der Waals surface area contributed by atoms with Crippen LogP contribution in [0.2, 0.25) is 0 Å². The number of hydrogen-bond acceptors (Lipinski definition) is 3. The van der Waals surface area contributed by atoms with Crippen LogP contribution in [-0.2, 0) is 9.47 Å². The zero-order chi connectivity index (χ0) is 13.8. The summed E-state index contributed by atoms with van der Waals surface area (Å²) in [6, 6.07) is -0.0800. The van der Waals surface area contributed by atoms with Crippen molar-refractivity contribution in [3.05, 3.63) is 12.7 Å². The molecule has 106 valence electrons. The average Bonchev–Trinajstić information content (AvgIpc) is 2.36. The second-order valence-corrected chi connectivity index (χ2v) is 3.86. The van der Waals surface area contributed by atoms with Crippen molar-refractivity contribution in [1.29, 1.82) is 0 Å². The normalized spacial score (nSPS) is 10.4. The molecule has 0 radical (unpaired) electrons. The summed E-state index contributed by atoms with van der Waals surface area (Å²) in [7, 11) is 1.76. The van der Waals surface area contributed by atoms with Crippen molar-refractivity contribution in [1.82, 2.24) is 10.2 Å². The summed E-state index contributed by atoms with van der Waals surface area (Å²) >= 11 is 0. The molecule has 0 aliphatic carbocycles. The fourth-order valence-corrected chi connectivity index (χ4v) is 1.40. The van der Waals surface area contributed by atoms with Crippen LogP contribution in [0.1, 0.15) is 26.7 Å². The number of carbonyl (C=O) groups excluding carboxylic acids is 1. The van der Waals surface area contributed by atoms with Crippen LogP contribution in [0.15, 0.2) is 12.7 Å². The lowest BCUT2D eigenvalue weighted by molar-refractivity contribution is -0.140. The second-order valence-electron chi connectivity index (χ2n) is 3.86. The van der Waals surface area contributed by atoms with E-state index >= 15 is 0 Å². The van der Waals surface area contributed by atoms with E-state index in [1.165, 1.54) is 0 Å². The molecule has 5 heteroatoms. The lowest BCUT2D eigenvalue weighted by atomic mass is 10.4. The smallest absolute Gasteiger partial charge is 0.317 e. The van der Waals surface area contributed by atoms with Crippen LogP contribution in [0.3, 0.4) is 0 Å². The number of amides is 2. The topological polar surface area (TPSA) is 50.8 Å². The van der Waals surface area contributed by atoms with Crippen molar-refractivity contribution in [2.45, 2.75) is 33.0 Å². The van der Waals surface area contributed by atoms with Gasteiger partial charge in [0, 0.05) is 39.8 Å². The second kappa shape index (κ2) is 11.0. The Morgan fingerprint density at radius 2 is 2.00 bits per heavy atom. The number of urea groups is 1. The lowest BCUT2D eigenvalue weighted by Crippen LogP contribution is -2.39. The predicted molar refractivity (Wildman–Crippen MR) is 72.5 cm³/mol. The quantitative estimate of drug-likeness (QED) is 0.370. The molecule has 0 unspecified atom stereocenters. The minimum Gasteiger partial charge on any atom is -0.353 e. The van der Waals surface area contributed by atoms with E-state index in [2.05, 4.69) is 11.9 Å². The molecule has 0 rings (SSSR count). The third kappa shape index (κ3) is 8.08. The fourth-order valence-electron chi connectivity index (χ4n) is 1.40. The van der Waals surface area contributed by atoms with E-state index in [0.717, 1.165) is 6.42 Å². The highest BCUT2D eigenvalue weighted by molar-refractivity contribution is 5.73. The minimum atomic E-state index is -0.233. The molecule has 0 saturated carbocycles. The molecule has 0 atom stereocenters. The van der Waals surface area contributed by atoms with Gasteiger partial charge in [0.15, 0.2) is 6.29 Å². The summed E-state index contributed by atoms with van der Waals surface area (Å²) in [6.45, 7) is 9.90. The summed E-state index contributed by atoms with van der Waals surface area (Å²) in [4.78, 5) is 13.3. The number of nitrogens with zero attached hydrogens (tertiary/aromatic N) is 1. The number of ether oxygens (including phenoxy) is 2. The van der Waals surface area contributed by atoms with Gasteiger partial charge < -0.3 is 19.7 Å². The zero-order valence-corrected chi connectivity index (χ0v) is 11.8. The Bertz CT molecular complexity index is 228. The molecular formula is C13H26N2O3. The molecule has 0 saturated heterocycles. The molecule has 2 amide bonds. The fraction of sp³-hybridized carbons (Fsp3) is 0.769. The number of carbonyl (C=O) groups is 1. The van der Waals surface area contributed by atoms with E-state index in [0.29, 0.717) is 32.7 Å². The van der Waals surface area contributed by atoms with Crippen molar-refractivity contribution in [3.63, 3.8) is 0 Å². The first kappa shape index (κ1) is 16.9. The molecule has 1 N–H and O–H groups in total. The Balaban J connectivity index is 3.86. The maximum absolute atomic E-state index is 11.6. The van der Waals surface area contributed by atoms with Crippen molar-refractivity contribution in [2.24, 2.45) is 0 Å². The monoisotopic (exact) mass is 258 g/mol. The van der Waals surface area contributed by atoms with Gasteiger partial charge in [-0.15, -0.1) is 6.58 Å². The Morgan fingerprint density at radius 1 is 1.39 bits per heavy atom. The molecule has 0 aliphatic heterocycles. The molecule has 0 aromatic rings. The van der Waals surface area contributed by atoms with E-state index in [1.807, 2.05) is 13.8 Å². The van der Waals surface area contributed by atoms with E-state index < -0.39 is 0 Å². The van der Waals surface area contributed by atoms with E-state index in [1.54, 1.807) is 18.0 Å². The maximum Gasteiger partial charge on any atom is 0.317 e.